The summed E-state index contributed by atoms with van der Waals surface area (Å²) < 4.78 is 0. The zero-order chi connectivity index (χ0) is 19.3. The number of aldehydes is 1. The van der Waals surface area contributed by atoms with Gasteiger partial charge < -0.3 is 19.7 Å². The van der Waals surface area contributed by atoms with Gasteiger partial charge in [-0.25, -0.2) is 0 Å². The van der Waals surface area contributed by atoms with Gasteiger partial charge in [-0.3, -0.25) is 4.79 Å². The van der Waals surface area contributed by atoms with Gasteiger partial charge in [0, 0.05) is 54.4 Å². The van der Waals surface area contributed by atoms with Crippen molar-refractivity contribution in [2.75, 3.05) is 30.3 Å². The van der Waals surface area contributed by atoms with Gasteiger partial charge in [0.25, 0.3) is 0 Å². The van der Waals surface area contributed by atoms with Crippen molar-refractivity contribution in [3.05, 3.63) is 53.1 Å². The zero-order valence-corrected chi connectivity index (χ0v) is 16.3. The Bertz CT molecular complexity index is 961. The molecule has 0 radical (unpaired) electrons. The topological polar surface area (TPSA) is 63.7 Å². The number of rotatable bonds is 2. The van der Waals surface area contributed by atoms with E-state index >= 15 is 0 Å². The molecule has 2 atom stereocenters. The molecule has 0 bridgehead atoms. The molecule has 0 N–H and O–H groups in total. The average Bonchev–Trinajstić information content (AvgIpc) is 2.88. The van der Waals surface area contributed by atoms with Crippen LogP contribution in [0.25, 0.3) is 11.1 Å². The van der Waals surface area contributed by atoms with Gasteiger partial charge in [-0.05, 0) is 40.8 Å². The van der Waals surface area contributed by atoms with E-state index in [4.69, 9.17) is 0 Å². The lowest BCUT2D eigenvalue weighted by Crippen LogP contribution is -2.52. The normalized spacial score (nSPS) is 23.0. The molecule has 144 valence electrons. The molecular weight excluding hydrogens is 372 g/mol. The predicted octanol–water partition coefficient (Wildman–Crippen LogP) is 2.73. The molecule has 2 aromatic rings. The number of thioether (sulfide) groups is 1. The lowest BCUT2D eigenvalue weighted by molar-refractivity contribution is -0.266. The summed E-state index contributed by atoms with van der Waals surface area (Å²) >= 11 is 1.94. The Morgan fingerprint density at radius 2 is 2.07 bits per heavy atom. The molecule has 0 unspecified atom stereocenters. The molecule has 3 aliphatic rings. The number of fused-ring (bicyclic) bond motifs is 3. The second-order valence-electron chi connectivity index (χ2n) is 7.70. The maximum absolute atomic E-state index is 11.6. The summed E-state index contributed by atoms with van der Waals surface area (Å²) in [6.45, 7) is 2.03. The van der Waals surface area contributed by atoms with Crippen molar-refractivity contribution in [2.24, 2.45) is 0 Å². The molecule has 6 heteroatoms. The van der Waals surface area contributed by atoms with E-state index in [-0.39, 0.29) is 5.92 Å². The highest BCUT2D eigenvalue weighted by Crippen LogP contribution is 2.50. The largest absolute Gasteiger partial charge is 0.530 e. The quantitative estimate of drug-likeness (QED) is 0.734. The van der Waals surface area contributed by atoms with Crippen LogP contribution in [0.3, 0.4) is 0 Å². The number of carbonyl (C=O) groups is 2. The van der Waals surface area contributed by atoms with E-state index in [0.717, 1.165) is 41.9 Å². The van der Waals surface area contributed by atoms with Gasteiger partial charge in [-0.1, -0.05) is 24.3 Å². The van der Waals surface area contributed by atoms with Crippen molar-refractivity contribution < 1.29 is 14.7 Å². The van der Waals surface area contributed by atoms with Gasteiger partial charge in [-0.15, -0.1) is 0 Å². The minimum absolute atomic E-state index is 0.159. The van der Waals surface area contributed by atoms with Crippen molar-refractivity contribution >= 4 is 29.8 Å². The van der Waals surface area contributed by atoms with Crippen LogP contribution in [0.5, 0.6) is 0 Å². The molecule has 1 amide bonds. The predicted molar refractivity (Wildman–Crippen MR) is 109 cm³/mol. The summed E-state index contributed by atoms with van der Waals surface area (Å²) in [6.07, 6.45) is 0.657. The molecule has 28 heavy (non-hydrogen) atoms. The van der Waals surface area contributed by atoms with Gasteiger partial charge in [0.1, 0.15) is 6.09 Å². The molecular formula is C22H21N2O3S-. The molecule has 1 saturated heterocycles. The Morgan fingerprint density at radius 3 is 2.89 bits per heavy atom. The van der Waals surface area contributed by atoms with Crippen LogP contribution >= 0.6 is 11.8 Å². The minimum Gasteiger partial charge on any atom is -0.530 e. The number of piperidine rings is 1. The van der Waals surface area contributed by atoms with Crippen LogP contribution in [0, 0.1) is 0 Å². The number of amides is 1. The van der Waals surface area contributed by atoms with E-state index in [1.165, 1.54) is 21.7 Å². The first-order valence-corrected chi connectivity index (χ1v) is 10.8. The molecule has 0 spiro atoms. The van der Waals surface area contributed by atoms with Crippen LogP contribution in [0.15, 0.2) is 36.4 Å². The third kappa shape index (κ3) is 2.70. The van der Waals surface area contributed by atoms with Crippen LogP contribution < -0.4 is 10.0 Å². The third-order valence-electron chi connectivity index (χ3n) is 6.27. The summed E-state index contributed by atoms with van der Waals surface area (Å²) in [5.74, 6) is 2.17. The smallest absolute Gasteiger partial charge is 0.150 e. The summed E-state index contributed by atoms with van der Waals surface area (Å²) in [4.78, 5) is 27.0. The highest BCUT2D eigenvalue weighted by molar-refractivity contribution is 7.98. The molecule has 0 aromatic heterocycles. The molecule has 5 rings (SSSR count). The fraction of sp³-hybridized carbons (Fsp3) is 0.364. The highest BCUT2D eigenvalue weighted by Gasteiger charge is 2.43. The number of hydrogen-bond acceptors (Lipinski definition) is 5. The van der Waals surface area contributed by atoms with Gasteiger partial charge in [0.15, 0.2) is 6.29 Å². The lowest BCUT2D eigenvalue weighted by Gasteiger charge is -2.40. The lowest BCUT2D eigenvalue weighted by atomic mass is 9.86. The van der Waals surface area contributed by atoms with Gasteiger partial charge >= 0.3 is 0 Å². The average molecular weight is 393 g/mol. The Balaban J connectivity index is 1.66. The van der Waals surface area contributed by atoms with E-state index in [1.54, 1.807) is 0 Å². The zero-order valence-electron chi connectivity index (χ0n) is 15.5. The number of anilines is 1. The molecule has 3 aliphatic heterocycles. The van der Waals surface area contributed by atoms with Crippen molar-refractivity contribution in [3.63, 3.8) is 0 Å². The Kier molecular flexibility index (Phi) is 4.31. The van der Waals surface area contributed by atoms with Gasteiger partial charge in [-0.2, -0.15) is 11.8 Å². The third-order valence-corrected chi connectivity index (χ3v) is 7.26. The monoisotopic (exact) mass is 393 g/mol. The molecule has 5 nitrogen and oxygen atoms in total. The maximum atomic E-state index is 11.6. The van der Waals surface area contributed by atoms with E-state index in [0.29, 0.717) is 24.7 Å². The molecule has 0 saturated carbocycles. The van der Waals surface area contributed by atoms with Gasteiger partial charge in [0.05, 0.1) is 0 Å². The number of likely N-dealkylation sites (tertiary alicyclic amines) is 1. The number of hydrogen-bond donors (Lipinski definition) is 0. The van der Waals surface area contributed by atoms with Crippen LogP contribution in [-0.4, -0.2) is 48.7 Å². The van der Waals surface area contributed by atoms with Crippen LogP contribution in [0.2, 0.25) is 0 Å². The van der Waals surface area contributed by atoms with E-state index < -0.39 is 6.09 Å². The first-order chi connectivity index (χ1) is 13.7. The molecule has 1 fully saturated rings. The SMILES string of the molecule is O=Cc1ccccc1-c1cc2c3c(c1)[C@@H]1CN(C(=O)[O-])CC[C@@H]1N3CCSC2. The molecule has 2 aromatic carbocycles. The summed E-state index contributed by atoms with van der Waals surface area (Å²) in [5.41, 5.74) is 6.49. The standard InChI is InChI=1S/C22H22N2O3S/c25-12-14-3-1-2-4-17(14)15-9-16-13-28-8-7-24-20-5-6-23(22(26)27)11-19(20)18(10-15)21(16)24/h1-4,9-10,12,19-20H,5-8,11,13H2,(H,26,27)/p-1/t19-,20-/m0/s1. The minimum atomic E-state index is -1.08. The molecule has 0 aliphatic carbocycles. The van der Waals surface area contributed by atoms with Gasteiger partial charge in [0.2, 0.25) is 0 Å². The Labute approximate surface area is 168 Å². The number of nitrogens with zero attached hydrogens (tertiary/aromatic N) is 2. The highest BCUT2D eigenvalue weighted by atomic mass is 32.2. The van der Waals surface area contributed by atoms with E-state index in [2.05, 4.69) is 17.0 Å². The van der Waals surface area contributed by atoms with Crippen molar-refractivity contribution in [3.8, 4) is 11.1 Å². The second kappa shape index (κ2) is 6.85. The number of carboxylic acid groups (broad SMARTS) is 1. The van der Waals surface area contributed by atoms with Crippen molar-refractivity contribution in [1.29, 1.82) is 0 Å². The van der Waals surface area contributed by atoms with Crippen LogP contribution in [0.4, 0.5) is 10.5 Å². The van der Waals surface area contributed by atoms with Crippen molar-refractivity contribution in [2.45, 2.75) is 24.1 Å². The second-order valence-corrected chi connectivity index (χ2v) is 8.80. The van der Waals surface area contributed by atoms with Crippen molar-refractivity contribution in [1.82, 2.24) is 4.90 Å². The fourth-order valence-electron chi connectivity index (χ4n) is 5.05. The Hall–Kier alpha value is -2.47. The number of benzene rings is 2. The maximum Gasteiger partial charge on any atom is 0.150 e. The van der Waals surface area contributed by atoms with E-state index in [9.17, 15) is 14.7 Å². The first kappa shape index (κ1) is 17.6. The summed E-state index contributed by atoms with van der Waals surface area (Å²) in [5, 5.41) is 11.5. The first-order valence-electron chi connectivity index (χ1n) is 9.69. The van der Waals surface area contributed by atoms with Crippen LogP contribution in [0.1, 0.15) is 33.8 Å². The summed E-state index contributed by atoms with van der Waals surface area (Å²) in [6, 6.07) is 12.4. The molecule has 3 heterocycles. The fourth-order valence-corrected chi connectivity index (χ4v) is 5.96. The number of carbonyl (C=O) groups excluding carboxylic acids is 2. The summed E-state index contributed by atoms with van der Waals surface area (Å²) in [7, 11) is 0. The van der Waals surface area contributed by atoms with E-state index in [1.807, 2.05) is 36.0 Å². The van der Waals surface area contributed by atoms with Crippen LogP contribution in [-0.2, 0) is 5.75 Å². The Morgan fingerprint density at radius 1 is 1.21 bits per heavy atom.